The van der Waals surface area contributed by atoms with Crippen LogP contribution in [0.25, 0.3) is 0 Å². The fraction of sp³-hybridized carbons (Fsp3) is 1.00. The summed E-state index contributed by atoms with van der Waals surface area (Å²) in [6.07, 6.45) is -70.9. The number of hydrogen-bond acceptors (Lipinski definition) is 5. The van der Waals surface area contributed by atoms with Gasteiger partial charge in [-0.2, -0.15) is 0 Å². The normalized spacial score (nSPS) is 25.7. The Balaban J connectivity index is 3.28. The van der Waals surface area contributed by atoms with Gasteiger partial charge in [-0.1, -0.05) is 0 Å². The number of rotatable bonds is 2. The van der Waals surface area contributed by atoms with Crippen LogP contribution in [-0.2, 0) is 18.1 Å². The second-order valence-electron chi connectivity index (χ2n) is 7.80. The molecule has 0 amide bonds. The van der Waals surface area contributed by atoms with Crippen LogP contribution < -0.4 is 5.09 Å². The van der Waals surface area contributed by atoms with Crippen molar-refractivity contribution in [2.45, 2.75) is 72.4 Å². The van der Waals surface area contributed by atoms with Crippen LogP contribution in [0.1, 0.15) is 0 Å². The van der Waals surface area contributed by atoms with E-state index in [1.807, 2.05) is 0 Å². The van der Waals surface area contributed by atoms with Gasteiger partial charge in [0, 0.05) is 0 Å². The maximum atomic E-state index is 13.7. The molecule has 2 aliphatic heterocycles. The monoisotopic (exact) mass is 711 g/mol. The molecule has 0 unspecified atom stereocenters. The van der Waals surface area contributed by atoms with Gasteiger partial charge in [-0.05, 0) is 0 Å². The molecule has 2 aliphatic rings. The first-order valence-electron chi connectivity index (χ1n) is 8.91. The van der Waals surface area contributed by atoms with E-state index in [1.54, 1.807) is 0 Å². The van der Waals surface area contributed by atoms with Crippen LogP contribution in [0.15, 0.2) is 0 Å². The molecule has 1 N–H and O–H groups in total. The number of alkyl halides is 24. The minimum atomic E-state index is -10.3. The van der Waals surface area contributed by atoms with Gasteiger partial charge in [-0.25, -0.2) is 0 Å². The molecule has 2 heterocycles. The van der Waals surface area contributed by atoms with E-state index in [2.05, 4.69) is 18.1 Å². The van der Waals surface area contributed by atoms with Crippen molar-refractivity contribution in [2.75, 3.05) is 0 Å². The van der Waals surface area contributed by atoms with E-state index < -0.39 is 85.2 Å². The van der Waals surface area contributed by atoms with Gasteiger partial charge in [0.25, 0.3) is 0 Å². The molecule has 2 fully saturated rings. The van der Waals surface area contributed by atoms with Crippen molar-refractivity contribution in [1.82, 2.24) is 5.09 Å². The molecular weight excluding hydrogens is 709 g/mol. The van der Waals surface area contributed by atoms with E-state index in [1.165, 1.54) is 0 Å². The summed E-state index contributed by atoms with van der Waals surface area (Å²) in [6, 6.07) is 0. The Morgan fingerprint density at radius 2 is 0.667 bits per heavy atom. The van der Waals surface area contributed by atoms with Crippen LogP contribution in [0.4, 0.5) is 105 Å². The first-order chi connectivity index (χ1) is 17.7. The fourth-order valence-electron chi connectivity index (χ4n) is 3.50. The number of hydrogen-bond donors (Lipinski definition) is 1. The van der Waals surface area contributed by atoms with Gasteiger partial charge in [0.2, 0.25) is 0 Å². The number of nitrogens with one attached hydrogen (secondary N) is 1. The van der Waals surface area contributed by atoms with Crippen molar-refractivity contribution in [3.63, 3.8) is 0 Å². The molecule has 30 heteroatoms. The van der Waals surface area contributed by atoms with E-state index >= 15 is 0 Å². The van der Waals surface area contributed by atoms with E-state index in [4.69, 9.17) is 0 Å². The summed E-state index contributed by atoms with van der Waals surface area (Å²) >= 11 is 0. The van der Waals surface area contributed by atoms with Crippen LogP contribution in [-0.4, -0.2) is 72.4 Å². The SMILES string of the molecule is FC(F)(F)C(OP12(NC(C(F)(F)F)(C(F)(F)F)O1)OC(C(F)(F)F)(C(F)(F)F)C(C(F)(F)F)(C(F)(F)F)O2)C(F)(F)F. The Hall–Kier alpha value is -1.45. The summed E-state index contributed by atoms with van der Waals surface area (Å²) in [4.78, 5) is 0. The fourth-order valence-corrected chi connectivity index (χ4v) is 7.55. The van der Waals surface area contributed by atoms with Gasteiger partial charge < -0.3 is 0 Å². The van der Waals surface area contributed by atoms with Crippen LogP contribution in [0, 0.1) is 0 Å². The second-order valence-corrected chi connectivity index (χ2v) is 10.4. The average Bonchev–Trinajstić information content (AvgIpc) is 2.93. The quantitative estimate of drug-likeness (QED) is 0.234. The molecule has 252 valence electrons. The molecule has 1 spiro atoms. The molecule has 0 radical (unpaired) electrons. The Morgan fingerprint density at radius 3 is 0.833 bits per heavy atom. The van der Waals surface area contributed by atoms with E-state index in [9.17, 15) is 105 Å². The first kappa shape index (κ1) is 36.7. The number of halogens is 24. The minimum absolute atomic E-state index is 1.17. The Morgan fingerprint density at radius 1 is 0.429 bits per heavy atom. The molecule has 0 saturated carbocycles. The molecular formula is C12H2F24NO4P. The van der Waals surface area contributed by atoms with Crippen molar-refractivity contribution in [1.29, 1.82) is 0 Å². The Bertz CT molecular complexity index is 937. The van der Waals surface area contributed by atoms with Crippen molar-refractivity contribution >= 4 is 7.66 Å². The molecule has 0 bridgehead atoms. The Kier molecular flexibility index (Phi) is 7.54. The zero-order valence-corrected chi connectivity index (χ0v) is 18.6. The predicted octanol–water partition coefficient (Wildman–Crippen LogP) is 7.84. The van der Waals surface area contributed by atoms with Crippen molar-refractivity contribution < 1.29 is 123 Å². The van der Waals surface area contributed by atoms with Gasteiger partial charge in [0.05, 0.1) is 0 Å². The van der Waals surface area contributed by atoms with Gasteiger partial charge in [-0.15, -0.1) is 0 Å². The molecule has 42 heavy (non-hydrogen) atoms. The van der Waals surface area contributed by atoms with E-state index in [-0.39, 0.29) is 0 Å². The summed E-state index contributed by atoms with van der Waals surface area (Å²) in [7, 11) is -10.3. The average molecular weight is 711 g/mol. The summed E-state index contributed by atoms with van der Waals surface area (Å²) in [5.41, 5.74) is -24.0. The predicted molar refractivity (Wildman–Crippen MR) is 74.8 cm³/mol. The molecule has 0 aromatic heterocycles. The van der Waals surface area contributed by atoms with Crippen LogP contribution >= 0.6 is 7.66 Å². The first-order valence-corrected chi connectivity index (χ1v) is 10.8. The van der Waals surface area contributed by atoms with Crippen LogP contribution in [0.3, 0.4) is 0 Å². The summed E-state index contributed by atoms with van der Waals surface area (Å²) in [5.74, 6) is 0. The molecule has 0 atom stereocenters. The van der Waals surface area contributed by atoms with E-state index in [0.717, 1.165) is 0 Å². The summed E-state index contributed by atoms with van der Waals surface area (Å²) < 4.78 is 331. The summed E-state index contributed by atoms with van der Waals surface area (Å²) in [5, 5.41) is -1.17. The third kappa shape index (κ3) is 4.70. The van der Waals surface area contributed by atoms with Crippen LogP contribution in [0.2, 0.25) is 0 Å². The van der Waals surface area contributed by atoms with Crippen molar-refractivity contribution in [3.05, 3.63) is 0 Å². The third-order valence-electron chi connectivity index (χ3n) is 5.00. The maximum absolute atomic E-state index is 13.7. The topological polar surface area (TPSA) is 49.0 Å². The molecule has 0 aromatic rings. The van der Waals surface area contributed by atoms with Crippen molar-refractivity contribution in [3.8, 4) is 0 Å². The molecule has 2 saturated heterocycles. The second kappa shape index (κ2) is 8.63. The Labute approximate surface area is 210 Å². The standard InChI is InChI=1S/C12H2F24NO4P/c13-2(14,15)1(3(16,17)18)38-42(37-6(41-42,11(31,32)33)12(34,35)36)39-4(7(19,20)21,8(22,23)24)5(40-42,9(25,26)27)10(28,29)30/h1,37H. The molecule has 0 aromatic carbocycles. The molecule has 5 nitrogen and oxygen atoms in total. The molecule has 2 rings (SSSR count). The third-order valence-corrected chi connectivity index (χ3v) is 8.02. The molecule has 0 aliphatic carbocycles. The zero-order chi connectivity index (χ0) is 34.1. The van der Waals surface area contributed by atoms with Crippen molar-refractivity contribution in [2.24, 2.45) is 0 Å². The summed E-state index contributed by atoms with van der Waals surface area (Å²) in [6.45, 7) is 0. The van der Waals surface area contributed by atoms with Gasteiger partial charge in [-0.3, -0.25) is 0 Å². The van der Waals surface area contributed by atoms with Gasteiger partial charge in [0.15, 0.2) is 0 Å². The van der Waals surface area contributed by atoms with Gasteiger partial charge >= 0.3 is 209 Å². The van der Waals surface area contributed by atoms with E-state index in [0.29, 0.717) is 0 Å². The zero-order valence-electron chi connectivity index (χ0n) is 17.7. The van der Waals surface area contributed by atoms with Gasteiger partial charge in [0.1, 0.15) is 0 Å². The van der Waals surface area contributed by atoms with Crippen LogP contribution in [0.5, 0.6) is 0 Å².